The number of carbonyl (C=O) groups is 3. The molecule has 0 radical (unpaired) electrons. The maximum atomic E-state index is 12.6. The molecule has 0 bridgehead atoms. The first-order valence-corrected chi connectivity index (χ1v) is 9.60. The first-order chi connectivity index (χ1) is 12.8. The van der Waals surface area contributed by atoms with Crippen LogP contribution in [0, 0.1) is 12.8 Å². The lowest BCUT2D eigenvalue weighted by molar-refractivity contribution is -0.145. The van der Waals surface area contributed by atoms with Gasteiger partial charge in [0.1, 0.15) is 5.69 Å². The Balaban J connectivity index is 1.57. The van der Waals surface area contributed by atoms with Gasteiger partial charge >= 0.3 is 5.97 Å². The number of rotatable bonds is 5. The zero-order valence-electron chi connectivity index (χ0n) is 15.3. The molecule has 1 fully saturated rings. The molecule has 2 aromatic rings. The van der Waals surface area contributed by atoms with Gasteiger partial charge in [0, 0.05) is 37.3 Å². The van der Waals surface area contributed by atoms with Gasteiger partial charge in [0.15, 0.2) is 0 Å². The fourth-order valence-corrected chi connectivity index (χ4v) is 3.74. The number of carbonyl (C=O) groups excluding carboxylic acids is 2. The van der Waals surface area contributed by atoms with Crippen molar-refractivity contribution < 1.29 is 19.5 Å². The minimum Gasteiger partial charge on any atom is -0.481 e. The Labute approximate surface area is 160 Å². The Morgan fingerprint density at radius 3 is 2.67 bits per heavy atom. The van der Waals surface area contributed by atoms with Crippen LogP contribution >= 0.6 is 11.3 Å². The minimum absolute atomic E-state index is 0.0409. The molecule has 144 valence electrons. The second-order valence-corrected chi connectivity index (χ2v) is 7.77. The van der Waals surface area contributed by atoms with E-state index in [1.165, 1.54) is 4.90 Å². The Hall–Kier alpha value is -2.68. The average molecular weight is 390 g/mol. The zero-order valence-corrected chi connectivity index (χ0v) is 16.1. The number of aliphatic carboxylic acids is 1. The van der Waals surface area contributed by atoms with E-state index >= 15 is 0 Å². The highest BCUT2D eigenvalue weighted by Gasteiger charge is 2.28. The molecule has 3 heterocycles. The number of aromatic nitrogens is 2. The number of carboxylic acids is 1. The van der Waals surface area contributed by atoms with Crippen molar-refractivity contribution in [2.45, 2.75) is 19.8 Å². The maximum absolute atomic E-state index is 12.6. The standard InChI is InChI=1S/C18H22N4O4S/c1-11-20-15(10-27-11)13-7-14(19-8-13)17(24)21(2)9-16(23)22-5-3-12(4-6-22)18(25)26/h7-8,10,12,19H,3-6,9H2,1-2H3,(H,25,26). The molecule has 0 atom stereocenters. The number of carboxylic acid groups (broad SMARTS) is 1. The van der Waals surface area contributed by atoms with E-state index in [0.29, 0.717) is 31.6 Å². The van der Waals surface area contributed by atoms with Gasteiger partial charge in [-0.1, -0.05) is 0 Å². The summed E-state index contributed by atoms with van der Waals surface area (Å²) in [5.41, 5.74) is 2.04. The van der Waals surface area contributed by atoms with Crippen LogP contribution in [0.4, 0.5) is 0 Å². The number of piperidine rings is 1. The van der Waals surface area contributed by atoms with Crippen molar-refractivity contribution in [2.24, 2.45) is 5.92 Å². The first-order valence-electron chi connectivity index (χ1n) is 8.72. The number of thiazole rings is 1. The molecule has 0 saturated carbocycles. The van der Waals surface area contributed by atoms with E-state index in [1.54, 1.807) is 35.5 Å². The fraction of sp³-hybridized carbons (Fsp3) is 0.444. The van der Waals surface area contributed by atoms with Crippen molar-refractivity contribution in [3.63, 3.8) is 0 Å². The third kappa shape index (κ3) is 4.36. The van der Waals surface area contributed by atoms with Crippen LogP contribution in [-0.2, 0) is 9.59 Å². The summed E-state index contributed by atoms with van der Waals surface area (Å²) in [6, 6.07) is 1.73. The fourth-order valence-electron chi connectivity index (χ4n) is 3.12. The number of nitrogens with zero attached hydrogens (tertiary/aromatic N) is 3. The topological polar surface area (TPSA) is 107 Å². The summed E-state index contributed by atoms with van der Waals surface area (Å²) in [4.78, 5) is 46.3. The number of hydrogen-bond acceptors (Lipinski definition) is 5. The average Bonchev–Trinajstić information content (AvgIpc) is 3.30. The van der Waals surface area contributed by atoms with Crippen LogP contribution in [0.2, 0.25) is 0 Å². The lowest BCUT2D eigenvalue weighted by atomic mass is 9.97. The van der Waals surface area contributed by atoms with Crippen LogP contribution in [0.25, 0.3) is 11.3 Å². The highest BCUT2D eigenvalue weighted by molar-refractivity contribution is 7.09. The third-order valence-corrected chi connectivity index (χ3v) is 5.52. The van der Waals surface area contributed by atoms with Gasteiger partial charge in [-0.2, -0.15) is 0 Å². The molecule has 0 aromatic carbocycles. The van der Waals surface area contributed by atoms with Gasteiger partial charge in [0.05, 0.1) is 23.2 Å². The number of hydrogen-bond donors (Lipinski definition) is 2. The number of likely N-dealkylation sites (tertiary alicyclic amines) is 1. The monoisotopic (exact) mass is 390 g/mol. The molecule has 2 aromatic heterocycles. The van der Waals surface area contributed by atoms with E-state index in [0.717, 1.165) is 16.3 Å². The summed E-state index contributed by atoms with van der Waals surface area (Å²) >= 11 is 1.54. The maximum Gasteiger partial charge on any atom is 0.306 e. The van der Waals surface area contributed by atoms with Crippen molar-refractivity contribution in [3.05, 3.63) is 28.3 Å². The third-order valence-electron chi connectivity index (χ3n) is 4.74. The minimum atomic E-state index is -0.813. The van der Waals surface area contributed by atoms with Gasteiger partial charge in [-0.05, 0) is 25.8 Å². The van der Waals surface area contributed by atoms with Gasteiger partial charge in [0.2, 0.25) is 5.91 Å². The molecule has 3 rings (SSSR count). The number of H-pyrrole nitrogens is 1. The van der Waals surface area contributed by atoms with E-state index in [4.69, 9.17) is 5.11 Å². The molecule has 1 aliphatic rings. The molecular weight excluding hydrogens is 368 g/mol. The second kappa shape index (κ2) is 7.91. The molecule has 0 aliphatic carbocycles. The summed E-state index contributed by atoms with van der Waals surface area (Å²) in [7, 11) is 1.58. The number of amides is 2. The van der Waals surface area contributed by atoms with Gasteiger partial charge in [-0.15, -0.1) is 11.3 Å². The molecule has 8 nitrogen and oxygen atoms in total. The van der Waals surface area contributed by atoms with E-state index in [1.807, 2.05) is 12.3 Å². The van der Waals surface area contributed by atoms with Gasteiger partial charge in [0.25, 0.3) is 5.91 Å². The van der Waals surface area contributed by atoms with E-state index in [2.05, 4.69) is 9.97 Å². The molecule has 9 heteroatoms. The molecule has 1 saturated heterocycles. The highest BCUT2D eigenvalue weighted by atomic mass is 32.1. The summed E-state index contributed by atoms with van der Waals surface area (Å²) < 4.78 is 0. The Morgan fingerprint density at radius 2 is 2.07 bits per heavy atom. The van der Waals surface area contributed by atoms with Crippen LogP contribution in [0.1, 0.15) is 28.3 Å². The smallest absolute Gasteiger partial charge is 0.306 e. The van der Waals surface area contributed by atoms with Crippen LogP contribution in [0.3, 0.4) is 0 Å². The molecular formula is C18H22N4O4S. The first kappa shape index (κ1) is 19.1. The lowest BCUT2D eigenvalue weighted by Crippen LogP contribution is -2.45. The number of aromatic amines is 1. The van der Waals surface area contributed by atoms with Crippen molar-refractivity contribution in [1.29, 1.82) is 0 Å². The molecule has 27 heavy (non-hydrogen) atoms. The quantitative estimate of drug-likeness (QED) is 0.810. The largest absolute Gasteiger partial charge is 0.481 e. The normalized spacial score (nSPS) is 15.0. The predicted octanol–water partition coefficient (Wildman–Crippen LogP) is 1.84. The summed E-state index contributed by atoms with van der Waals surface area (Å²) in [5.74, 6) is -1.65. The number of nitrogens with one attached hydrogen (secondary N) is 1. The lowest BCUT2D eigenvalue weighted by Gasteiger charge is -2.31. The van der Waals surface area contributed by atoms with Gasteiger partial charge in [-0.25, -0.2) is 4.98 Å². The zero-order chi connectivity index (χ0) is 19.6. The number of aryl methyl sites for hydroxylation is 1. The van der Waals surface area contributed by atoms with Gasteiger partial charge in [-0.3, -0.25) is 14.4 Å². The van der Waals surface area contributed by atoms with Crippen molar-refractivity contribution in [1.82, 2.24) is 19.8 Å². The van der Waals surface area contributed by atoms with Gasteiger partial charge < -0.3 is 19.9 Å². The van der Waals surface area contributed by atoms with Crippen molar-refractivity contribution >= 4 is 29.1 Å². The summed E-state index contributed by atoms with van der Waals surface area (Å²) in [6.45, 7) is 2.70. The molecule has 2 amide bonds. The summed E-state index contributed by atoms with van der Waals surface area (Å²) in [6.07, 6.45) is 2.63. The SMILES string of the molecule is Cc1nc(-c2c[nH]c(C(=O)N(C)CC(=O)N3CCC(C(=O)O)CC3)c2)cs1. The highest BCUT2D eigenvalue weighted by Crippen LogP contribution is 2.23. The van der Waals surface area contributed by atoms with Crippen molar-refractivity contribution in [3.8, 4) is 11.3 Å². The molecule has 0 unspecified atom stereocenters. The van der Waals surface area contributed by atoms with E-state index < -0.39 is 5.97 Å². The van der Waals surface area contributed by atoms with E-state index in [-0.39, 0.29) is 24.3 Å². The Bertz CT molecular complexity index is 851. The van der Waals surface area contributed by atoms with Crippen LogP contribution in [0.5, 0.6) is 0 Å². The van der Waals surface area contributed by atoms with Crippen LogP contribution in [-0.4, -0.2) is 69.3 Å². The molecule has 2 N–H and O–H groups in total. The Kier molecular flexibility index (Phi) is 5.59. The van der Waals surface area contributed by atoms with Crippen LogP contribution < -0.4 is 0 Å². The number of likely N-dealkylation sites (N-methyl/N-ethyl adjacent to an activating group) is 1. The summed E-state index contributed by atoms with van der Waals surface area (Å²) in [5, 5.41) is 11.9. The predicted molar refractivity (Wildman–Crippen MR) is 101 cm³/mol. The second-order valence-electron chi connectivity index (χ2n) is 6.71. The van der Waals surface area contributed by atoms with Crippen molar-refractivity contribution in [2.75, 3.05) is 26.7 Å². The molecule has 1 aliphatic heterocycles. The molecule has 0 spiro atoms. The van der Waals surface area contributed by atoms with E-state index in [9.17, 15) is 14.4 Å². The van der Waals surface area contributed by atoms with Crippen LogP contribution in [0.15, 0.2) is 17.6 Å². The Morgan fingerprint density at radius 1 is 1.37 bits per heavy atom.